The Hall–Kier alpha value is -8.46. The van der Waals surface area contributed by atoms with Crippen LogP contribution < -0.4 is 0 Å². The van der Waals surface area contributed by atoms with Gasteiger partial charge in [0.05, 0.1) is 55.5 Å². The molecule has 20 aromatic rings. The number of hydrogen-bond acceptors (Lipinski definition) is 6. The number of aromatic nitrogens is 12. The molecule has 0 radical (unpaired) electrons. The van der Waals surface area contributed by atoms with Gasteiger partial charge in [0.15, 0.2) is 23.3 Å². The summed E-state index contributed by atoms with van der Waals surface area (Å²) >= 11 is -0.556. The molecule has 8 aromatic heterocycles. The third kappa shape index (κ3) is 15.8. The van der Waals surface area contributed by atoms with Gasteiger partial charge in [0.2, 0.25) is 0 Å². The zero-order valence-electron chi connectivity index (χ0n) is 68.4. The van der Waals surface area contributed by atoms with E-state index in [-0.39, 0.29) is 0 Å². The average Bonchev–Trinajstić information content (AvgIpc) is 1.57. The second-order valence-corrected chi connectivity index (χ2v) is 50.8. The molecule has 119 heavy (non-hydrogen) atoms. The van der Waals surface area contributed by atoms with Crippen LogP contribution in [-0.4, -0.2) is 121 Å². The quantitative estimate of drug-likeness (QED) is 0.100. The van der Waals surface area contributed by atoms with Gasteiger partial charge in [-0.25, -0.2) is 9.97 Å². The van der Waals surface area contributed by atoms with Crippen LogP contribution in [0.1, 0.15) is 112 Å². The molecule has 0 N–H and O–H groups in total. The van der Waals surface area contributed by atoms with Gasteiger partial charge < -0.3 is 9.13 Å². The fourth-order valence-corrected chi connectivity index (χ4v) is 17.4. The normalized spacial score (nSPS) is 12.0. The van der Waals surface area contributed by atoms with Gasteiger partial charge in [-0.1, -0.05) is 250 Å². The molecule has 12 nitrogen and oxygen atoms in total. The molecule has 584 valence electrons. The molecule has 0 atom stereocenters. The predicted octanol–water partition coefficient (Wildman–Crippen LogP) is 27.5. The zero-order chi connectivity index (χ0) is 82.7. The van der Waals surface area contributed by atoms with Crippen molar-refractivity contribution in [1.29, 1.82) is 0 Å². The molecule has 0 spiro atoms. The van der Waals surface area contributed by atoms with E-state index in [0.717, 1.165) is 124 Å². The summed E-state index contributed by atoms with van der Waals surface area (Å²) in [6.07, 6.45) is 3.73. The second kappa shape index (κ2) is 35.2. The maximum absolute atomic E-state index is 5.03. The van der Waals surface area contributed by atoms with Crippen LogP contribution in [0.4, 0.5) is 0 Å². The molecule has 0 aliphatic carbocycles. The number of aryl methyl sites for hydroxylation is 2. The van der Waals surface area contributed by atoms with Gasteiger partial charge in [-0.15, -0.1) is 20.4 Å². The van der Waals surface area contributed by atoms with E-state index in [9.17, 15) is 0 Å². The Morgan fingerprint density at radius 2 is 0.555 bits per heavy atom. The Morgan fingerprint density at radius 3 is 0.874 bits per heavy atom. The predicted molar refractivity (Wildman–Crippen MR) is 498 cm³/mol. The van der Waals surface area contributed by atoms with E-state index in [1.54, 1.807) is 0 Å². The van der Waals surface area contributed by atoms with Crippen molar-refractivity contribution in [1.82, 2.24) is 57.8 Å². The van der Waals surface area contributed by atoms with Gasteiger partial charge in [0.1, 0.15) is 11.6 Å². The average molecular weight is 1870 g/mol. The first-order chi connectivity index (χ1) is 57.8. The number of fused-ring (bicyclic) bond motifs is 12. The Bertz CT molecular complexity index is 6730. The fourth-order valence-electron chi connectivity index (χ4n) is 17.4. The molecule has 0 saturated heterocycles. The SMILES string of the molecule is Cc1ccccc1-c1nnc(-c2cccc(-n3c4ccccc4c4cc5c6ccccc6n(-c6ccccn6)c5cc43)c2)n1-c1c(C(C)C)cccc1C(C)C.Cc1ccccc1-c1nnc(-c2cccc(-n3c4ccccc4c4cc5c6ccccc6n(-c6ccccn6)c5cc43)c2)n1-c1c(C(C)C)cccc1C(C)C.[Cl][Pt]([Cl])([Cl])[Cl].[K][K]. The zero-order valence-corrected chi connectivity index (χ0v) is 79.9. The van der Waals surface area contributed by atoms with E-state index in [4.69, 9.17) is 68.0 Å². The summed E-state index contributed by atoms with van der Waals surface area (Å²) < 4.78 is 14.0. The van der Waals surface area contributed by atoms with E-state index in [0.29, 0.717) is 23.7 Å². The Kier molecular flexibility index (Phi) is 24.5. The van der Waals surface area contributed by atoms with Crippen LogP contribution in [0.5, 0.6) is 0 Å². The number of benzene rings is 12. The van der Waals surface area contributed by atoms with Crippen LogP contribution in [0.25, 0.3) is 167 Å². The second-order valence-electron chi connectivity index (χ2n) is 31.1. The van der Waals surface area contributed by atoms with Gasteiger partial charge in [0, 0.05) is 89.1 Å². The molecule has 0 bridgehead atoms. The van der Waals surface area contributed by atoms with Crippen LogP contribution in [0, 0.1) is 13.8 Å². The summed E-state index contributed by atoms with van der Waals surface area (Å²) in [5.41, 5.74) is 25.1. The first kappa shape index (κ1) is 82.8. The molecule has 8 heterocycles. The molecule has 0 saturated carbocycles. The van der Waals surface area contributed by atoms with E-state index in [2.05, 4.69) is 376 Å². The summed E-state index contributed by atoms with van der Waals surface area (Å²) in [5.74, 6) is 6.31. The summed E-state index contributed by atoms with van der Waals surface area (Å²) in [6, 6.07) is 104. The molecule has 0 amide bonds. The monoisotopic (exact) mass is 1870 g/mol. The molecule has 0 unspecified atom stereocenters. The minimum absolute atomic E-state index is 0.297. The Labute approximate surface area is 757 Å². The number of para-hydroxylation sites is 6. The van der Waals surface area contributed by atoms with Gasteiger partial charge in [-0.2, -0.15) is 0 Å². The Balaban J connectivity index is 0.000000158. The van der Waals surface area contributed by atoms with Crippen molar-refractivity contribution in [2.24, 2.45) is 0 Å². The van der Waals surface area contributed by atoms with Crippen LogP contribution in [0.3, 0.4) is 0 Å². The first-order valence-electron chi connectivity index (χ1n) is 40.5. The van der Waals surface area contributed by atoms with Gasteiger partial charge in [-0.3, -0.25) is 18.3 Å². The van der Waals surface area contributed by atoms with Crippen molar-refractivity contribution >= 4 is 188 Å². The molecule has 0 aliphatic rings. The molecule has 12 aromatic carbocycles. The third-order valence-electron chi connectivity index (χ3n) is 22.6. The van der Waals surface area contributed by atoms with Crippen LogP contribution >= 0.6 is 37.7 Å². The molecular weight excluding hydrogens is 1780 g/mol. The molecule has 19 heteroatoms. The standard InChI is InChI=1S/2C50H42N6.4ClH.2K.Pt/c2*1-31(2)36-22-15-23-37(32(3)4)48(36)56-49(52-53-50(56)38-19-7-6-16-33(38)5)34-17-14-18-35(28-34)54-43-24-10-8-20-39(43)41-29-42-40-21-9-11-25-44(40)55(46(42)30-45(41)54)47-26-12-13-27-51-47;;;;;;;/h2*6-32H,1-5H3;4*1H;;;/q;;;;;;;;+4/p-4. The van der Waals surface area contributed by atoms with Gasteiger partial charge >= 0.3 is 113 Å². The molecule has 0 aliphatic heterocycles. The van der Waals surface area contributed by atoms with Crippen molar-refractivity contribution in [3.63, 3.8) is 0 Å². The molecule has 0 fully saturated rings. The van der Waals surface area contributed by atoms with Gasteiger partial charge in [-0.05, 0) is 168 Å². The van der Waals surface area contributed by atoms with E-state index in [1.165, 1.54) is 140 Å². The number of pyridine rings is 2. The van der Waals surface area contributed by atoms with Crippen molar-refractivity contribution in [3.8, 4) is 79.9 Å². The van der Waals surface area contributed by atoms with E-state index in [1.807, 2.05) is 24.5 Å². The van der Waals surface area contributed by atoms with Crippen molar-refractivity contribution in [2.75, 3.05) is 0 Å². The van der Waals surface area contributed by atoms with Crippen LogP contribution in [-0.2, 0) is 11.9 Å². The number of halogens is 4. The summed E-state index contributed by atoms with van der Waals surface area (Å²) in [6.45, 7) is 22.5. The topological polar surface area (TPSA) is 107 Å². The third-order valence-corrected chi connectivity index (χ3v) is 22.6. The number of nitrogens with zero attached hydrogens (tertiary/aromatic N) is 12. The minimum atomic E-state index is -3.06. The van der Waals surface area contributed by atoms with Crippen molar-refractivity contribution < 1.29 is 11.9 Å². The van der Waals surface area contributed by atoms with Crippen LogP contribution in [0.2, 0.25) is 0 Å². The number of rotatable bonds is 14. The maximum atomic E-state index is 5.03. The van der Waals surface area contributed by atoms with Crippen molar-refractivity contribution in [2.45, 2.75) is 92.9 Å². The van der Waals surface area contributed by atoms with E-state index < -0.39 is 11.9 Å². The summed E-state index contributed by atoms with van der Waals surface area (Å²) in [4.78, 5) is 9.61. The summed E-state index contributed by atoms with van der Waals surface area (Å²) in [5, 5.41) is 29.7. The van der Waals surface area contributed by atoms with Crippen molar-refractivity contribution in [3.05, 3.63) is 337 Å². The molecule has 20 rings (SSSR count). The molecular formula is C100H84Cl4K2N12Pt. The summed E-state index contributed by atoms with van der Waals surface area (Å²) in [7, 11) is 20.0. The first-order valence-corrected chi connectivity index (χ1v) is 67.8. The number of hydrogen-bond donors (Lipinski definition) is 0. The fraction of sp³-hybridized carbons (Fsp3) is 0.140. The van der Waals surface area contributed by atoms with Crippen LogP contribution in [0.15, 0.2) is 304 Å². The Morgan fingerprint density at radius 1 is 0.269 bits per heavy atom. The van der Waals surface area contributed by atoms with Gasteiger partial charge in [0.25, 0.3) is 0 Å². The van der Waals surface area contributed by atoms with E-state index >= 15 is 0 Å².